The second kappa shape index (κ2) is 7.59. The molecule has 2 N–H and O–H groups in total. The van der Waals surface area contributed by atoms with Gasteiger partial charge in [-0.15, -0.1) is 0 Å². The van der Waals surface area contributed by atoms with Gasteiger partial charge in [-0.2, -0.15) is 5.10 Å². The summed E-state index contributed by atoms with van der Waals surface area (Å²) in [4.78, 5) is 25.2. The van der Waals surface area contributed by atoms with Crippen LogP contribution in [0.1, 0.15) is 37.0 Å². The quantitative estimate of drug-likeness (QED) is 0.781. The Balaban J connectivity index is 1.93. The molecule has 0 bridgehead atoms. The molecule has 1 fully saturated rings. The van der Waals surface area contributed by atoms with Crippen LogP contribution in [0, 0.1) is 11.8 Å². The van der Waals surface area contributed by atoms with Gasteiger partial charge in [0.1, 0.15) is 0 Å². The van der Waals surface area contributed by atoms with Gasteiger partial charge in [0.05, 0.1) is 11.8 Å². The molecule has 0 spiro atoms. The number of aromatic nitrogens is 2. The normalized spacial score (nSPS) is 21.7. The smallest absolute Gasteiger partial charge is 0.303 e. The number of carbonyl (C=O) groups excluding carboxylic acids is 1. The van der Waals surface area contributed by atoms with Crippen molar-refractivity contribution in [3.8, 4) is 0 Å². The topological polar surface area (TPSA) is 87.5 Å². The van der Waals surface area contributed by atoms with Crippen molar-refractivity contribution in [3.05, 3.63) is 18.0 Å². The molecule has 0 radical (unpaired) electrons. The third-order valence-electron chi connectivity index (χ3n) is 4.45. The van der Waals surface area contributed by atoms with E-state index in [4.69, 9.17) is 5.11 Å². The molecule has 0 aromatic carbocycles. The summed E-state index contributed by atoms with van der Waals surface area (Å²) in [5.74, 6) is -0.0219. The molecule has 0 unspecified atom stereocenters. The van der Waals surface area contributed by atoms with E-state index in [1.807, 2.05) is 0 Å². The molecule has 2 rings (SSSR count). The maximum atomic E-state index is 12.3. The number of aliphatic carboxylic acids is 1. The highest BCUT2D eigenvalue weighted by atomic mass is 16.4. The van der Waals surface area contributed by atoms with Crippen LogP contribution < -0.4 is 5.32 Å². The number of carboxylic acid groups (broad SMARTS) is 1. The first-order valence-electron chi connectivity index (χ1n) is 8.10. The van der Waals surface area contributed by atoms with Gasteiger partial charge in [0.25, 0.3) is 5.91 Å². The molecule has 1 aliphatic rings. The minimum absolute atomic E-state index is 0.0903. The van der Waals surface area contributed by atoms with E-state index in [-0.39, 0.29) is 18.4 Å². The summed E-state index contributed by atoms with van der Waals surface area (Å²) in [5, 5.41) is 15.9. The fourth-order valence-electron chi connectivity index (χ4n) is 3.17. The van der Waals surface area contributed by atoms with Crippen molar-refractivity contribution in [1.29, 1.82) is 0 Å². The molecule has 1 aromatic heterocycles. The largest absolute Gasteiger partial charge is 0.481 e. The number of rotatable bonds is 7. The zero-order chi connectivity index (χ0) is 17.0. The summed E-state index contributed by atoms with van der Waals surface area (Å²) in [5.41, 5.74) is 0.569. The van der Waals surface area contributed by atoms with E-state index in [2.05, 4.69) is 29.2 Å². The van der Waals surface area contributed by atoms with Crippen LogP contribution >= 0.6 is 0 Å². The van der Waals surface area contributed by atoms with Gasteiger partial charge in [-0.05, 0) is 24.8 Å². The van der Waals surface area contributed by atoms with Crippen molar-refractivity contribution in [2.24, 2.45) is 18.9 Å². The standard InChI is InChI=1S/C16H26N4O3/c1-11(2)13-9-20(6-4-5-15(21)22)10-14(13)18-16(23)12-7-17-19(3)8-12/h7-8,11,13-14H,4-6,9-10H2,1-3H3,(H,18,23)(H,21,22)/t13-,14+/m1/s1. The van der Waals surface area contributed by atoms with E-state index in [0.717, 1.165) is 19.6 Å². The Hall–Kier alpha value is -1.89. The molecule has 23 heavy (non-hydrogen) atoms. The van der Waals surface area contributed by atoms with Gasteiger partial charge in [-0.3, -0.25) is 14.3 Å². The predicted molar refractivity (Wildman–Crippen MR) is 86.1 cm³/mol. The molecule has 0 aliphatic carbocycles. The summed E-state index contributed by atoms with van der Waals surface area (Å²) < 4.78 is 1.61. The first-order valence-corrected chi connectivity index (χ1v) is 8.10. The monoisotopic (exact) mass is 322 g/mol. The van der Waals surface area contributed by atoms with Gasteiger partial charge >= 0.3 is 5.97 Å². The molecule has 0 saturated carbocycles. The number of nitrogens with one attached hydrogen (secondary N) is 1. The summed E-state index contributed by atoms with van der Waals surface area (Å²) >= 11 is 0. The molecular formula is C16H26N4O3. The molecular weight excluding hydrogens is 296 g/mol. The highest BCUT2D eigenvalue weighted by Gasteiger charge is 2.35. The number of carbonyl (C=O) groups is 2. The van der Waals surface area contributed by atoms with Crippen LogP contribution in [0.3, 0.4) is 0 Å². The van der Waals surface area contributed by atoms with Crippen LogP contribution in [-0.4, -0.2) is 57.3 Å². The second-order valence-corrected chi connectivity index (χ2v) is 6.65. The number of hydrogen-bond acceptors (Lipinski definition) is 4. The van der Waals surface area contributed by atoms with Gasteiger partial charge in [-0.1, -0.05) is 13.8 Å². The summed E-state index contributed by atoms with van der Waals surface area (Å²) in [7, 11) is 1.79. The number of hydrogen-bond donors (Lipinski definition) is 2. The van der Waals surface area contributed by atoms with E-state index in [0.29, 0.717) is 23.8 Å². The zero-order valence-electron chi connectivity index (χ0n) is 14.0. The number of amides is 1. The van der Waals surface area contributed by atoms with E-state index in [1.54, 1.807) is 24.1 Å². The fraction of sp³-hybridized carbons (Fsp3) is 0.688. The highest BCUT2D eigenvalue weighted by Crippen LogP contribution is 2.25. The van der Waals surface area contributed by atoms with Crippen molar-refractivity contribution >= 4 is 11.9 Å². The van der Waals surface area contributed by atoms with Crippen LogP contribution in [0.25, 0.3) is 0 Å². The van der Waals surface area contributed by atoms with Gasteiger partial charge in [-0.25, -0.2) is 0 Å². The third kappa shape index (κ3) is 4.79. The summed E-state index contributed by atoms with van der Waals surface area (Å²) in [6, 6.07) is 0.0903. The number of carboxylic acids is 1. The summed E-state index contributed by atoms with van der Waals surface area (Å²) in [6.45, 7) is 6.75. The van der Waals surface area contributed by atoms with Crippen LogP contribution in [0.5, 0.6) is 0 Å². The van der Waals surface area contributed by atoms with Gasteiger partial charge in [0.2, 0.25) is 0 Å². The number of likely N-dealkylation sites (tertiary alicyclic amines) is 1. The Bertz CT molecular complexity index is 555. The van der Waals surface area contributed by atoms with E-state index >= 15 is 0 Å². The van der Waals surface area contributed by atoms with Crippen molar-refractivity contribution < 1.29 is 14.7 Å². The number of nitrogens with zero attached hydrogens (tertiary/aromatic N) is 3. The molecule has 128 valence electrons. The average molecular weight is 322 g/mol. The van der Waals surface area contributed by atoms with E-state index < -0.39 is 5.97 Å². The lowest BCUT2D eigenvalue weighted by Crippen LogP contribution is -2.42. The Morgan fingerprint density at radius 1 is 1.43 bits per heavy atom. The van der Waals surface area contributed by atoms with E-state index in [9.17, 15) is 9.59 Å². The van der Waals surface area contributed by atoms with Gasteiger partial charge in [0.15, 0.2) is 0 Å². The first-order chi connectivity index (χ1) is 10.9. The SMILES string of the molecule is CC(C)[C@H]1CN(CCCC(=O)O)C[C@@H]1NC(=O)c1cnn(C)c1. The molecule has 1 aromatic rings. The van der Waals surface area contributed by atoms with Crippen molar-refractivity contribution in [2.75, 3.05) is 19.6 Å². The fourth-order valence-corrected chi connectivity index (χ4v) is 3.17. The van der Waals surface area contributed by atoms with Crippen LogP contribution in [0.15, 0.2) is 12.4 Å². The predicted octanol–water partition coefficient (Wildman–Crippen LogP) is 0.971. The maximum Gasteiger partial charge on any atom is 0.303 e. The van der Waals surface area contributed by atoms with Gasteiger partial charge in [0, 0.05) is 38.8 Å². The maximum absolute atomic E-state index is 12.3. The lowest BCUT2D eigenvalue weighted by atomic mass is 9.91. The Labute approximate surface area is 136 Å². The van der Waals surface area contributed by atoms with Crippen molar-refractivity contribution in [2.45, 2.75) is 32.7 Å². The molecule has 1 amide bonds. The molecule has 2 atom stereocenters. The molecule has 1 aliphatic heterocycles. The lowest BCUT2D eigenvalue weighted by molar-refractivity contribution is -0.137. The van der Waals surface area contributed by atoms with Crippen molar-refractivity contribution in [3.63, 3.8) is 0 Å². The van der Waals surface area contributed by atoms with Gasteiger partial charge < -0.3 is 15.3 Å². The minimum Gasteiger partial charge on any atom is -0.481 e. The summed E-state index contributed by atoms with van der Waals surface area (Å²) in [6.07, 6.45) is 4.11. The van der Waals surface area contributed by atoms with Crippen LogP contribution in [0.2, 0.25) is 0 Å². The average Bonchev–Trinajstić information content (AvgIpc) is 3.05. The highest BCUT2D eigenvalue weighted by molar-refractivity contribution is 5.93. The van der Waals surface area contributed by atoms with Crippen molar-refractivity contribution in [1.82, 2.24) is 20.0 Å². The number of aryl methyl sites for hydroxylation is 1. The Morgan fingerprint density at radius 3 is 2.74 bits per heavy atom. The van der Waals surface area contributed by atoms with Crippen LogP contribution in [-0.2, 0) is 11.8 Å². The molecule has 7 heteroatoms. The second-order valence-electron chi connectivity index (χ2n) is 6.65. The lowest BCUT2D eigenvalue weighted by Gasteiger charge is -2.22. The molecule has 7 nitrogen and oxygen atoms in total. The minimum atomic E-state index is -0.758. The van der Waals surface area contributed by atoms with Crippen LogP contribution in [0.4, 0.5) is 0 Å². The molecule has 1 saturated heterocycles. The Morgan fingerprint density at radius 2 is 2.17 bits per heavy atom. The van der Waals surface area contributed by atoms with E-state index in [1.165, 1.54) is 0 Å². The Kier molecular flexibility index (Phi) is 5.76. The molecule has 2 heterocycles. The first kappa shape index (κ1) is 17.5. The third-order valence-corrected chi connectivity index (χ3v) is 4.45. The zero-order valence-corrected chi connectivity index (χ0v) is 14.0.